The molecule has 17 heavy (non-hydrogen) atoms. The predicted molar refractivity (Wildman–Crippen MR) is 69.0 cm³/mol. The minimum absolute atomic E-state index is 0.477. The van der Waals surface area contributed by atoms with Crippen LogP contribution >= 0.6 is 11.8 Å². The largest absolute Gasteiger partial charge is 0.496 e. The smallest absolute Gasteiger partial charge is 0.140 e. The molecule has 96 valence electrons. The molecule has 0 amide bonds. The van der Waals surface area contributed by atoms with Gasteiger partial charge in [-0.2, -0.15) is 0 Å². The Labute approximate surface area is 106 Å². The summed E-state index contributed by atoms with van der Waals surface area (Å²) in [4.78, 5) is 0.764. The van der Waals surface area contributed by atoms with E-state index in [9.17, 15) is 4.39 Å². The molecule has 1 aromatic carbocycles. The molecule has 0 atom stereocenters. The number of methoxy groups -OCH3 is 2. The first-order valence-corrected chi connectivity index (χ1v) is 6.33. The summed E-state index contributed by atoms with van der Waals surface area (Å²) in [6.45, 7) is 0.856. The third kappa shape index (κ3) is 3.78. The Bertz CT molecular complexity index is 361. The standard InChI is InChI=1S/C12H18FNO2S/c1-14-5-4-9-6-11(16-3)12(17-8-13)7-10(9)15-2/h6-7,14H,4-5,8H2,1-3H3. The monoisotopic (exact) mass is 259 g/mol. The summed E-state index contributed by atoms with van der Waals surface area (Å²) in [6, 6.07) is 3.26. The van der Waals surface area contributed by atoms with Crippen molar-refractivity contribution in [1.82, 2.24) is 5.32 Å². The second-order valence-corrected chi connectivity index (χ2v) is 4.37. The fourth-order valence-corrected chi connectivity index (χ4v) is 2.15. The second-order valence-electron chi connectivity index (χ2n) is 3.42. The van der Waals surface area contributed by atoms with Gasteiger partial charge in [-0.15, -0.1) is 0 Å². The maximum absolute atomic E-state index is 12.4. The summed E-state index contributed by atoms with van der Waals surface area (Å²) in [5.74, 6) is 1.47. The highest BCUT2D eigenvalue weighted by Crippen LogP contribution is 2.35. The van der Waals surface area contributed by atoms with Crippen LogP contribution in [-0.2, 0) is 6.42 Å². The van der Waals surface area contributed by atoms with Crippen LogP contribution < -0.4 is 14.8 Å². The molecule has 1 N–H and O–H groups in total. The summed E-state index contributed by atoms with van der Waals surface area (Å²) >= 11 is 1.10. The van der Waals surface area contributed by atoms with Crippen molar-refractivity contribution >= 4 is 11.8 Å². The highest BCUT2D eigenvalue weighted by molar-refractivity contribution is 7.99. The van der Waals surface area contributed by atoms with Gasteiger partial charge in [0.2, 0.25) is 0 Å². The van der Waals surface area contributed by atoms with Crippen molar-refractivity contribution in [1.29, 1.82) is 0 Å². The SMILES string of the molecule is CNCCc1cc(OC)c(SCF)cc1OC. The van der Waals surface area contributed by atoms with Crippen molar-refractivity contribution in [2.75, 3.05) is 33.8 Å². The number of hydrogen-bond acceptors (Lipinski definition) is 4. The molecule has 0 saturated heterocycles. The zero-order valence-electron chi connectivity index (χ0n) is 10.4. The van der Waals surface area contributed by atoms with E-state index < -0.39 is 6.01 Å². The van der Waals surface area contributed by atoms with Crippen molar-refractivity contribution in [2.45, 2.75) is 11.3 Å². The number of likely N-dealkylation sites (N-methyl/N-ethyl adjacent to an activating group) is 1. The van der Waals surface area contributed by atoms with Crippen LogP contribution in [0.25, 0.3) is 0 Å². The van der Waals surface area contributed by atoms with Gasteiger partial charge in [0, 0.05) is 0 Å². The van der Waals surface area contributed by atoms with Gasteiger partial charge < -0.3 is 14.8 Å². The van der Waals surface area contributed by atoms with Gasteiger partial charge in [-0.05, 0) is 37.7 Å². The lowest BCUT2D eigenvalue weighted by Crippen LogP contribution is -2.11. The summed E-state index contributed by atoms with van der Waals surface area (Å²) in [7, 11) is 5.11. The number of hydrogen-bond donors (Lipinski definition) is 1. The molecule has 0 spiro atoms. The van der Waals surface area contributed by atoms with Gasteiger partial charge >= 0.3 is 0 Å². The van der Waals surface area contributed by atoms with E-state index in [2.05, 4.69) is 5.32 Å². The Morgan fingerprint density at radius 3 is 2.47 bits per heavy atom. The fourth-order valence-electron chi connectivity index (χ4n) is 1.56. The lowest BCUT2D eigenvalue weighted by Gasteiger charge is -2.13. The van der Waals surface area contributed by atoms with Crippen LogP contribution in [0.1, 0.15) is 5.56 Å². The van der Waals surface area contributed by atoms with E-state index in [0.29, 0.717) is 5.75 Å². The van der Waals surface area contributed by atoms with Crippen molar-refractivity contribution in [3.05, 3.63) is 17.7 Å². The van der Waals surface area contributed by atoms with Gasteiger partial charge in [-0.1, -0.05) is 11.8 Å². The van der Waals surface area contributed by atoms with Gasteiger partial charge in [0.05, 0.1) is 19.1 Å². The Morgan fingerprint density at radius 2 is 1.94 bits per heavy atom. The average Bonchev–Trinajstić information content (AvgIpc) is 2.36. The maximum Gasteiger partial charge on any atom is 0.140 e. The molecule has 0 saturated carbocycles. The van der Waals surface area contributed by atoms with Gasteiger partial charge in [-0.25, -0.2) is 4.39 Å². The Hall–Kier alpha value is -0.940. The van der Waals surface area contributed by atoms with Gasteiger partial charge in [0.25, 0.3) is 0 Å². The molecule has 0 aliphatic carbocycles. The van der Waals surface area contributed by atoms with Gasteiger partial charge in [0.15, 0.2) is 0 Å². The summed E-state index contributed by atoms with van der Waals surface area (Å²) in [5, 5.41) is 3.08. The number of rotatable bonds is 7. The minimum atomic E-state index is -0.477. The predicted octanol–water partition coefficient (Wildman–Crippen LogP) is 2.48. The Morgan fingerprint density at radius 1 is 1.24 bits per heavy atom. The Balaban J connectivity index is 3.04. The highest BCUT2D eigenvalue weighted by Gasteiger charge is 2.11. The third-order valence-corrected chi connectivity index (χ3v) is 3.16. The van der Waals surface area contributed by atoms with Crippen LogP contribution in [0.2, 0.25) is 0 Å². The summed E-state index contributed by atoms with van der Waals surface area (Å²) < 4.78 is 23.0. The normalized spacial score (nSPS) is 10.4. The molecule has 0 radical (unpaired) electrons. The number of thioether (sulfide) groups is 1. The molecular weight excluding hydrogens is 241 g/mol. The first-order valence-electron chi connectivity index (χ1n) is 5.35. The van der Waals surface area contributed by atoms with E-state index in [4.69, 9.17) is 9.47 Å². The maximum atomic E-state index is 12.4. The van der Waals surface area contributed by atoms with Gasteiger partial charge in [-0.3, -0.25) is 0 Å². The van der Waals surface area contributed by atoms with Crippen molar-refractivity contribution in [2.24, 2.45) is 0 Å². The molecule has 3 nitrogen and oxygen atoms in total. The molecule has 5 heteroatoms. The van der Waals surface area contributed by atoms with E-state index in [1.807, 2.05) is 19.2 Å². The van der Waals surface area contributed by atoms with Crippen molar-refractivity contribution in [3.63, 3.8) is 0 Å². The number of ether oxygens (including phenoxy) is 2. The molecule has 0 heterocycles. The number of alkyl halides is 1. The summed E-state index contributed by atoms with van der Waals surface area (Å²) in [5.41, 5.74) is 1.06. The number of benzene rings is 1. The van der Waals surface area contributed by atoms with E-state index >= 15 is 0 Å². The minimum Gasteiger partial charge on any atom is -0.496 e. The first-order chi connectivity index (χ1) is 8.26. The van der Waals surface area contributed by atoms with Crippen LogP contribution in [0.5, 0.6) is 11.5 Å². The van der Waals surface area contributed by atoms with E-state index in [1.54, 1.807) is 14.2 Å². The summed E-state index contributed by atoms with van der Waals surface area (Å²) in [6.07, 6.45) is 0.844. The molecule has 1 aromatic rings. The van der Waals surface area contributed by atoms with Gasteiger partial charge in [0.1, 0.15) is 17.5 Å². The van der Waals surface area contributed by atoms with E-state index in [-0.39, 0.29) is 0 Å². The molecule has 0 aliphatic heterocycles. The lowest BCUT2D eigenvalue weighted by molar-refractivity contribution is 0.390. The van der Waals surface area contributed by atoms with Crippen molar-refractivity contribution < 1.29 is 13.9 Å². The quantitative estimate of drug-likeness (QED) is 0.762. The molecule has 0 fully saturated rings. The lowest BCUT2D eigenvalue weighted by atomic mass is 10.1. The van der Waals surface area contributed by atoms with Crippen LogP contribution in [0.15, 0.2) is 17.0 Å². The average molecular weight is 259 g/mol. The molecule has 1 rings (SSSR count). The number of halogens is 1. The van der Waals surface area contributed by atoms with Crippen LogP contribution in [0.3, 0.4) is 0 Å². The van der Waals surface area contributed by atoms with Crippen LogP contribution in [0.4, 0.5) is 4.39 Å². The third-order valence-electron chi connectivity index (χ3n) is 2.42. The van der Waals surface area contributed by atoms with Crippen LogP contribution in [-0.4, -0.2) is 33.8 Å². The van der Waals surface area contributed by atoms with E-state index in [0.717, 1.165) is 40.9 Å². The highest BCUT2D eigenvalue weighted by atomic mass is 32.2. The van der Waals surface area contributed by atoms with Crippen LogP contribution in [0, 0.1) is 0 Å². The number of nitrogens with one attached hydrogen (secondary N) is 1. The first kappa shape index (κ1) is 14.1. The zero-order valence-corrected chi connectivity index (χ0v) is 11.2. The molecule has 0 bridgehead atoms. The topological polar surface area (TPSA) is 30.5 Å². The van der Waals surface area contributed by atoms with Crippen molar-refractivity contribution in [3.8, 4) is 11.5 Å². The molecule has 0 unspecified atom stereocenters. The molecular formula is C12H18FNO2S. The zero-order chi connectivity index (χ0) is 12.7. The fraction of sp³-hybridized carbons (Fsp3) is 0.500. The second kappa shape index (κ2) is 7.40. The molecule has 0 aliphatic rings. The van der Waals surface area contributed by atoms with E-state index in [1.165, 1.54) is 0 Å². The molecule has 0 aromatic heterocycles. The Kier molecular flexibility index (Phi) is 6.15.